The molecule has 38 heavy (non-hydrogen) atoms. The van der Waals surface area contributed by atoms with E-state index >= 15 is 0 Å². The molecule has 1 aliphatic heterocycles. The Labute approximate surface area is 220 Å². The number of hydrogen-bond donors (Lipinski definition) is 1. The molecule has 0 fully saturated rings. The minimum atomic E-state index is -0.949. The van der Waals surface area contributed by atoms with Crippen molar-refractivity contribution in [2.45, 2.75) is 32.9 Å². The molecule has 0 aliphatic carbocycles. The number of para-hydroxylation sites is 1. The Morgan fingerprint density at radius 2 is 1.79 bits per heavy atom. The first-order valence-corrected chi connectivity index (χ1v) is 12.7. The molecule has 2 aromatic carbocycles. The predicted octanol–water partition coefficient (Wildman–Crippen LogP) is 3.53. The van der Waals surface area contributed by atoms with E-state index in [0.29, 0.717) is 53.9 Å². The summed E-state index contributed by atoms with van der Waals surface area (Å²) in [4.78, 5) is 33.4. The summed E-state index contributed by atoms with van der Waals surface area (Å²) in [5.74, 6) is 0.912. The fraction of sp³-hybridized carbons (Fsp3) is 0.321. The normalized spacial score (nSPS) is 13.3. The summed E-state index contributed by atoms with van der Waals surface area (Å²) in [6, 6.07) is 15.2. The second-order valence-corrected chi connectivity index (χ2v) is 9.48. The maximum atomic E-state index is 14.1. The van der Waals surface area contributed by atoms with E-state index in [1.54, 1.807) is 47.4 Å². The van der Waals surface area contributed by atoms with Crippen LogP contribution in [0.15, 0.2) is 67.0 Å². The Hall–Kier alpha value is -4.47. The molecule has 0 unspecified atom stereocenters. The van der Waals surface area contributed by atoms with Crippen LogP contribution in [0.4, 0.5) is 5.69 Å². The lowest BCUT2D eigenvalue weighted by atomic mass is 10.0. The number of benzene rings is 2. The van der Waals surface area contributed by atoms with Crippen LogP contribution in [0.25, 0.3) is 11.0 Å². The van der Waals surface area contributed by atoms with Crippen LogP contribution in [-0.4, -0.2) is 51.6 Å². The molecule has 2 amide bonds. The highest BCUT2D eigenvalue weighted by Gasteiger charge is 2.34. The molecule has 0 saturated heterocycles. The highest BCUT2D eigenvalue weighted by atomic mass is 16.6. The molecule has 0 saturated carbocycles. The summed E-state index contributed by atoms with van der Waals surface area (Å²) in [6.45, 7) is 5.43. The molecular weight excluding hydrogens is 484 g/mol. The highest BCUT2D eigenvalue weighted by Crippen LogP contribution is 2.37. The summed E-state index contributed by atoms with van der Waals surface area (Å²) in [5.41, 5.74) is 2.55. The molecule has 196 valence electrons. The van der Waals surface area contributed by atoms with Crippen molar-refractivity contribution < 1.29 is 19.1 Å². The van der Waals surface area contributed by atoms with Gasteiger partial charge in [0.25, 0.3) is 0 Å². The molecule has 10 heteroatoms. The Morgan fingerprint density at radius 1 is 1.03 bits per heavy atom. The quantitative estimate of drug-likeness (QED) is 0.364. The average Bonchev–Trinajstić information content (AvgIpc) is 3.34. The molecule has 0 bridgehead atoms. The first kappa shape index (κ1) is 25.2. The van der Waals surface area contributed by atoms with Crippen LogP contribution < -0.4 is 19.7 Å². The molecule has 2 aromatic heterocycles. The third-order valence-corrected chi connectivity index (χ3v) is 6.33. The number of nitrogens with zero attached hydrogens (tertiary/aromatic N) is 5. The number of pyridine rings is 1. The van der Waals surface area contributed by atoms with E-state index in [9.17, 15) is 9.59 Å². The van der Waals surface area contributed by atoms with Crippen LogP contribution in [0.5, 0.6) is 11.5 Å². The topological polar surface area (TPSA) is 111 Å². The summed E-state index contributed by atoms with van der Waals surface area (Å²) in [6.07, 6.45) is 4.04. The third-order valence-electron chi connectivity index (χ3n) is 6.33. The van der Waals surface area contributed by atoms with E-state index in [4.69, 9.17) is 9.47 Å². The van der Waals surface area contributed by atoms with Gasteiger partial charge in [0, 0.05) is 30.7 Å². The van der Waals surface area contributed by atoms with Gasteiger partial charge in [0.2, 0.25) is 11.8 Å². The number of ether oxygens (including phenoxy) is 2. The van der Waals surface area contributed by atoms with Gasteiger partial charge in [-0.05, 0) is 54.3 Å². The molecule has 5 rings (SSSR count). The van der Waals surface area contributed by atoms with Gasteiger partial charge in [-0.1, -0.05) is 31.2 Å². The van der Waals surface area contributed by atoms with E-state index < -0.39 is 6.04 Å². The van der Waals surface area contributed by atoms with Gasteiger partial charge in [-0.2, -0.15) is 0 Å². The maximum absolute atomic E-state index is 14.1. The van der Waals surface area contributed by atoms with Gasteiger partial charge in [0.05, 0.1) is 5.52 Å². The van der Waals surface area contributed by atoms with Crippen molar-refractivity contribution >= 4 is 28.5 Å². The largest absolute Gasteiger partial charge is 0.486 e. The van der Waals surface area contributed by atoms with Gasteiger partial charge in [-0.15, -0.1) is 5.10 Å². The molecule has 0 spiro atoms. The van der Waals surface area contributed by atoms with E-state index in [2.05, 4.69) is 34.5 Å². The lowest BCUT2D eigenvalue weighted by molar-refractivity contribution is -0.127. The van der Waals surface area contributed by atoms with Crippen molar-refractivity contribution in [2.24, 2.45) is 5.92 Å². The molecule has 1 N–H and O–H groups in total. The van der Waals surface area contributed by atoms with Gasteiger partial charge < -0.3 is 14.8 Å². The fourth-order valence-electron chi connectivity index (χ4n) is 4.40. The summed E-state index contributed by atoms with van der Waals surface area (Å²) >= 11 is 0. The van der Waals surface area contributed by atoms with Crippen molar-refractivity contribution in [2.75, 3.05) is 24.7 Å². The van der Waals surface area contributed by atoms with Crippen molar-refractivity contribution in [3.63, 3.8) is 0 Å². The number of fused-ring (bicyclic) bond motifs is 2. The van der Waals surface area contributed by atoms with Crippen molar-refractivity contribution in [3.05, 3.63) is 72.6 Å². The monoisotopic (exact) mass is 514 g/mol. The zero-order valence-electron chi connectivity index (χ0n) is 21.4. The first-order chi connectivity index (χ1) is 18.5. The molecule has 0 radical (unpaired) electrons. The predicted molar refractivity (Wildman–Crippen MR) is 142 cm³/mol. The van der Waals surface area contributed by atoms with Crippen molar-refractivity contribution in [1.29, 1.82) is 0 Å². The van der Waals surface area contributed by atoms with E-state index in [1.807, 2.05) is 24.3 Å². The number of amides is 2. The minimum Gasteiger partial charge on any atom is -0.486 e. The van der Waals surface area contributed by atoms with Gasteiger partial charge in [0.15, 0.2) is 11.5 Å². The van der Waals surface area contributed by atoms with Crippen LogP contribution in [0.3, 0.4) is 0 Å². The van der Waals surface area contributed by atoms with Gasteiger partial charge in [-0.3, -0.25) is 19.5 Å². The summed E-state index contributed by atoms with van der Waals surface area (Å²) < 4.78 is 13.0. The maximum Gasteiger partial charge on any atom is 0.249 e. The van der Waals surface area contributed by atoms with E-state index in [0.717, 1.165) is 11.9 Å². The Morgan fingerprint density at radius 3 is 2.58 bits per heavy atom. The second-order valence-electron chi connectivity index (χ2n) is 9.48. The summed E-state index contributed by atoms with van der Waals surface area (Å²) in [5, 5.41) is 11.4. The Bertz CT molecular complexity index is 1420. The lowest BCUT2D eigenvalue weighted by Crippen LogP contribution is -2.45. The molecular formula is C28H30N6O4. The van der Waals surface area contributed by atoms with E-state index in [1.165, 1.54) is 4.90 Å². The van der Waals surface area contributed by atoms with Gasteiger partial charge in [-0.25, -0.2) is 4.68 Å². The van der Waals surface area contributed by atoms with Crippen molar-refractivity contribution in [1.82, 2.24) is 25.3 Å². The van der Waals surface area contributed by atoms with Crippen LogP contribution in [0.2, 0.25) is 0 Å². The number of carbonyl (C=O) groups is 2. The molecule has 1 aliphatic rings. The SMILES string of the molecule is CC(C)CCNC(=O)[C@H](c1ccncc1)N(C(=O)Cn1nnc2ccccc21)c1ccc2c(c1)OCCO2. The van der Waals surface area contributed by atoms with Crippen LogP contribution in [0.1, 0.15) is 31.9 Å². The number of hydrogen-bond acceptors (Lipinski definition) is 7. The number of rotatable bonds is 9. The minimum absolute atomic E-state index is 0.115. The zero-order chi connectivity index (χ0) is 26.5. The Kier molecular flexibility index (Phi) is 7.48. The molecule has 1 atom stereocenters. The smallest absolute Gasteiger partial charge is 0.249 e. The van der Waals surface area contributed by atoms with Crippen LogP contribution in [0, 0.1) is 5.92 Å². The zero-order valence-corrected chi connectivity index (χ0v) is 21.4. The number of aromatic nitrogens is 4. The fourth-order valence-corrected chi connectivity index (χ4v) is 4.40. The average molecular weight is 515 g/mol. The number of anilines is 1. The van der Waals surface area contributed by atoms with Crippen LogP contribution in [-0.2, 0) is 16.1 Å². The molecule has 4 aromatic rings. The molecule has 10 nitrogen and oxygen atoms in total. The molecule has 3 heterocycles. The number of nitrogens with one attached hydrogen (secondary N) is 1. The van der Waals surface area contributed by atoms with Crippen LogP contribution >= 0.6 is 0 Å². The van der Waals surface area contributed by atoms with Gasteiger partial charge >= 0.3 is 0 Å². The second kappa shape index (κ2) is 11.3. The van der Waals surface area contributed by atoms with Gasteiger partial charge in [0.1, 0.15) is 31.3 Å². The van der Waals surface area contributed by atoms with Crippen molar-refractivity contribution in [3.8, 4) is 11.5 Å². The third kappa shape index (κ3) is 5.44. The van der Waals surface area contributed by atoms with E-state index in [-0.39, 0.29) is 18.4 Å². The first-order valence-electron chi connectivity index (χ1n) is 12.7. The lowest BCUT2D eigenvalue weighted by Gasteiger charge is -2.32. The standard InChI is InChI=1S/C28H30N6O4/c1-19(2)9-14-30-28(36)27(20-10-12-29-13-11-20)34(21-7-8-24-25(17-21)38-16-15-37-24)26(35)18-33-23-6-4-3-5-22(23)31-32-33/h3-8,10-13,17,19,27H,9,14-16,18H2,1-2H3,(H,30,36)/t27-/m0/s1. The Balaban J connectivity index is 1.56. The highest BCUT2D eigenvalue weighted by molar-refractivity contribution is 6.01. The number of carbonyl (C=O) groups excluding carboxylic acids is 2. The summed E-state index contributed by atoms with van der Waals surface area (Å²) in [7, 11) is 0.